The van der Waals surface area contributed by atoms with Gasteiger partial charge in [-0.2, -0.15) is 0 Å². The Labute approximate surface area is 109 Å². The molecular formula is C13H14FNO2S. The van der Waals surface area contributed by atoms with Crippen molar-refractivity contribution in [2.24, 2.45) is 0 Å². The third kappa shape index (κ3) is 2.37. The standard InChI is InChI=1S/C13H14FNO2S/c1-7-12(8(2)16)18-13(15-7)10-5-4-9(17-3)6-11(10)14/h4-6,8,16H,1-3H3. The molecule has 1 aromatic carbocycles. The second kappa shape index (κ2) is 5.04. The molecule has 96 valence electrons. The number of hydrogen-bond acceptors (Lipinski definition) is 4. The van der Waals surface area contributed by atoms with Gasteiger partial charge >= 0.3 is 0 Å². The third-order valence-corrected chi connectivity index (χ3v) is 3.98. The molecular weight excluding hydrogens is 253 g/mol. The van der Waals surface area contributed by atoms with Crippen LogP contribution in [0.5, 0.6) is 5.75 Å². The zero-order valence-corrected chi connectivity index (χ0v) is 11.2. The molecule has 5 heteroatoms. The van der Waals surface area contributed by atoms with Gasteiger partial charge in [-0.25, -0.2) is 9.37 Å². The third-order valence-electron chi connectivity index (χ3n) is 2.62. The van der Waals surface area contributed by atoms with E-state index < -0.39 is 6.10 Å². The van der Waals surface area contributed by atoms with E-state index in [1.54, 1.807) is 19.1 Å². The molecule has 0 aliphatic rings. The van der Waals surface area contributed by atoms with Crippen molar-refractivity contribution < 1.29 is 14.2 Å². The van der Waals surface area contributed by atoms with Crippen molar-refractivity contribution in [3.63, 3.8) is 0 Å². The number of rotatable bonds is 3. The Kier molecular flexibility index (Phi) is 3.63. The van der Waals surface area contributed by atoms with Gasteiger partial charge in [0.05, 0.1) is 23.8 Å². The molecule has 0 spiro atoms. The number of aliphatic hydroxyl groups excluding tert-OH is 1. The lowest BCUT2D eigenvalue weighted by atomic mass is 10.2. The number of aliphatic hydroxyl groups is 1. The number of methoxy groups -OCH3 is 1. The van der Waals surface area contributed by atoms with Crippen LogP contribution < -0.4 is 4.74 Å². The molecule has 1 heterocycles. The molecule has 0 bridgehead atoms. The predicted molar refractivity (Wildman–Crippen MR) is 69.4 cm³/mol. The quantitative estimate of drug-likeness (QED) is 0.927. The Hall–Kier alpha value is -1.46. The van der Waals surface area contributed by atoms with Gasteiger partial charge in [-0.15, -0.1) is 11.3 Å². The van der Waals surface area contributed by atoms with Crippen LogP contribution in [0, 0.1) is 12.7 Å². The molecule has 2 aromatic rings. The Bertz CT molecular complexity index is 566. The predicted octanol–water partition coefficient (Wildman–Crippen LogP) is 3.32. The number of benzene rings is 1. The van der Waals surface area contributed by atoms with Crippen LogP contribution in [0.2, 0.25) is 0 Å². The van der Waals surface area contributed by atoms with Gasteiger partial charge in [0, 0.05) is 11.6 Å². The molecule has 0 saturated carbocycles. The van der Waals surface area contributed by atoms with Gasteiger partial charge in [0.15, 0.2) is 0 Å². The second-order valence-corrected chi connectivity index (χ2v) is 5.02. The van der Waals surface area contributed by atoms with Crippen LogP contribution in [0.4, 0.5) is 4.39 Å². The second-order valence-electron chi connectivity index (χ2n) is 3.99. The van der Waals surface area contributed by atoms with Crippen molar-refractivity contribution in [3.8, 4) is 16.3 Å². The molecule has 2 rings (SSSR count). The monoisotopic (exact) mass is 267 g/mol. The number of thiazole rings is 1. The first kappa shape index (κ1) is 13.0. The number of halogens is 1. The van der Waals surface area contributed by atoms with Gasteiger partial charge < -0.3 is 9.84 Å². The molecule has 1 atom stereocenters. The lowest BCUT2D eigenvalue weighted by molar-refractivity contribution is 0.202. The van der Waals surface area contributed by atoms with Gasteiger partial charge in [-0.05, 0) is 26.0 Å². The average Bonchev–Trinajstić information content (AvgIpc) is 2.71. The minimum Gasteiger partial charge on any atom is -0.497 e. The van der Waals surface area contributed by atoms with Gasteiger partial charge in [0.1, 0.15) is 16.6 Å². The van der Waals surface area contributed by atoms with E-state index >= 15 is 0 Å². The van der Waals surface area contributed by atoms with Crippen molar-refractivity contribution in [2.75, 3.05) is 7.11 Å². The minimum absolute atomic E-state index is 0.375. The smallest absolute Gasteiger partial charge is 0.137 e. The van der Waals surface area contributed by atoms with Crippen LogP contribution in [0.1, 0.15) is 23.6 Å². The van der Waals surface area contributed by atoms with Crippen LogP contribution in [-0.2, 0) is 0 Å². The fourth-order valence-corrected chi connectivity index (χ4v) is 2.74. The van der Waals surface area contributed by atoms with E-state index in [4.69, 9.17) is 4.74 Å². The normalized spacial score (nSPS) is 12.5. The van der Waals surface area contributed by atoms with Crippen molar-refractivity contribution in [1.82, 2.24) is 4.98 Å². The molecule has 0 radical (unpaired) electrons. The van der Waals surface area contributed by atoms with Crippen LogP contribution in [0.3, 0.4) is 0 Å². The Morgan fingerprint density at radius 3 is 2.67 bits per heavy atom. The summed E-state index contributed by atoms with van der Waals surface area (Å²) in [6.07, 6.45) is -0.586. The summed E-state index contributed by atoms with van der Waals surface area (Å²) in [4.78, 5) is 5.06. The molecule has 3 nitrogen and oxygen atoms in total. The summed E-state index contributed by atoms with van der Waals surface area (Å²) >= 11 is 1.31. The van der Waals surface area contributed by atoms with E-state index in [0.717, 1.165) is 10.6 Å². The fraction of sp³-hybridized carbons (Fsp3) is 0.308. The molecule has 0 fully saturated rings. The van der Waals surface area contributed by atoms with Gasteiger partial charge in [0.2, 0.25) is 0 Å². The van der Waals surface area contributed by atoms with Gasteiger partial charge in [-0.3, -0.25) is 0 Å². The molecule has 18 heavy (non-hydrogen) atoms. The first-order chi connectivity index (χ1) is 8.52. The van der Waals surface area contributed by atoms with Crippen molar-refractivity contribution >= 4 is 11.3 Å². The minimum atomic E-state index is -0.586. The first-order valence-electron chi connectivity index (χ1n) is 5.52. The number of ether oxygens (including phenoxy) is 1. The van der Waals surface area contributed by atoms with E-state index in [0.29, 0.717) is 16.3 Å². The maximum atomic E-state index is 13.9. The average molecular weight is 267 g/mol. The van der Waals surface area contributed by atoms with Crippen LogP contribution in [0.25, 0.3) is 10.6 Å². The van der Waals surface area contributed by atoms with E-state index in [9.17, 15) is 9.50 Å². The highest BCUT2D eigenvalue weighted by molar-refractivity contribution is 7.15. The van der Waals surface area contributed by atoms with Crippen molar-refractivity contribution in [3.05, 3.63) is 34.6 Å². The molecule has 1 N–H and O–H groups in total. The lowest BCUT2D eigenvalue weighted by Gasteiger charge is -2.02. The largest absolute Gasteiger partial charge is 0.497 e. The highest BCUT2D eigenvalue weighted by atomic mass is 32.1. The zero-order valence-electron chi connectivity index (χ0n) is 10.4. The maximum Gasteiger partial charge on any atom is 0.137 e. The summed E-state index contributed by atoms with van der Waals surface area (Å²) in [7, 11) is 1.49. The number of aromatic nitrogens is 1. The molecule has 0 aliphatic carbocycles. The summed E-state index contributed by atoms with van der Waals surface area (Å²) in [5.41, 5.74) is 1.16. The van der Waals surface area contributed by atoms with E-state index in [2.05, 4.69) is 4.98 Å². The molecule has 1 aromatic heterocycles. The molecule has 0 saturated heterocycles. The Morgan fingerprint density at radius 1 is 1.44 bits per heavy atom. The topological polar surface area (TPSA) is 42.4 Å². The Morgan fingerprint density at radius 2 is 2.17 bits per heavy atom. The Balaban J connectivity index is 2.46. The molecule has 1 unspecified atom stereocenters. The van der Waals surface area contributed by atoms with Crippen molar-refractivity contribution in [1.29, 1.82) is 0 Å². The summed E-state index contributed by atoms with van der Waals surface area (Å²) in [6, 6.07) is 4.66. The van der Waals surface area contributed by atoms with Crippen LogP contribution in [-0.4, -0.2) is 17.2 Å². The van der Waals surface area contributed by atoms with Crippen LogP contribution in [0.15, 0.2) is 18.2 Å². The van der Waals surface area contributed by atoms with Crippen molar-refractivity contribution in [2.45, 2.75) is 20.0 Å². The summed E-state index contributed by atoms with van der Waals surface area (Å²) in [5, 5.41) is 10.1. The van der Waals surface area contributed by atoms with E-state index in [-0.39, 0.29) is 5.82 Å². The molecule has 0 aliphatic heterocycles. The first-order valence-corrected chi connectivity index (χ1v) is 6.34. The summed E-state index contributed by atoms with van der Waals surface area (Å²) in [5.74, 6) is 0.0977. The number of aryl methyl sites for hydroxylation is 1. The zero-order chi connectivity index (χ0) is 13.3. The van der Waals surface area contributed by atoms with E-state index in [1.165, 1.54) is 24.5 Å². The fourth-order valence-electron chi connectivity index (χ4n) is 1.71. The lowest BCUT2D eigenvalue weighted by Crippen LogP contribution is -1.89. The number of nitrogens with zero attached hydrogens (tertiary/aromatic N) is 1. The van der Waals surface area contributed by atoms with Crippen LogP contribution >= 0.6 is 11.3 Å². The maximum absolute atomic E-state index is 13.9. The highest BCUT2D eigenvalue weighted by Crippen LogP contribution is 2.33. The summed E-state index contributed by atoms with van der Waals surface area (Å²) in [6.45, 7) is 3.48. The highest BCUT2D eigenvalue weighted by Gasteiger charge is 2.16. The SMILES string of the molecule is COc1ccc(-c2nc(C)c(C(C)O)s2)c(F)c1. The molecule has 0 amide bonds. The van der Waals surface area contributed by atoms with Gasteiger partial charge in [-0.1, -0.05) is 0 Å². The van der Waals surface area contributed by atoms with E-state index in [1.807, 2.05) is 6.92 Å². The summed E-state index contributed by atoms with van der Waals surface area (Å²) < 4.78 is 18.8. The van der Waals surface area contributed by atoms with Gasteiger partial charge in [0.25, 0.3) is 0 Å². The number of hydrogen-bond donors (Lipinski definition) is 1.